The van der Waals surface area contributed by atoms with E-state index >= 15 is 0 Å². The van der Waals surface area contributed by atoms with Crippen LogP contribution in [0.3, 0.4) is 0 Å². The highest BCUT2D eigenvalue weighted by Gasteiger charge is 2.08. The van der Waals surface area contributed by atoms with Crippen molar-refractivity contribution >= 4 is 17.3 Å². The third-order valence-electron chi connectivity index (χ3n) is 2.65. The molecule has 2 nitrogen and oxygen atoms in total. The zero-order chi connectivity index (χ0) is 13.3. The predicted molar refractivity (Wildman–Crippen MR) is 71.8 cm³/mol. The van der Waals surface area contributed by atoms with Crippen molar-refractivity contribution in [2.45, 2.75) is 13.8 Å². The van der Waals surface area contributed by atoms with Gasteiger partial charge in [0, 0.05) is 6.07 Å². The first-order valence-corrected chi connectivity index (χ1v) is 5.85. The Bertz CT molecular complexity index is 599. The monoisotopic (exact) mass is 265 g/mol. The molecule has 0 aliphatic rings. The van der Waals surface area contributed by atoms with Gasteiger partial charge >= 0.3 is 0 Å². The molecule has 0 heterocycles. The van der Waals surface area contributed by atoms with Crippen LogP contribution in [-0.2, 0) is 0 Å². The van der Waals surface area contributed by atoms with Gasteiger partial charge in [-0.2, -0.15) is 0 Å². The van der Waals surface area contributed by atoms with Gasteiger partial charge in [0.25, 0.3) is 0 Å². The maximum absolute atomic E-state index is 13.0. The summed E-state index contributed by atoms with van der Waals surface area (Å²) < 4.78 is 18.7. The molecule has 0 saturated carbocycles. The Kier molecular flexibility index (Phi) is 3.43. The van der Waals surface area contributed by atoms with Crippen LogP contribution in [-0.4, -0.2) is 0 Å². The van der Waals surface area contributed by atoms with Crippen molar-refractivity contribution in [3.63, 3.8) is 0 Å². The van der Waals surface area contributed by atoms with Crippen molar-refractivity contribution in [1.29, 1.82) is 0 Å². The van der Waals surface area contributed by atoms with Crippen molar-refractivity contribution in [3.05, 3.63) is 52.3 Å². The fraction of sp³-hybridized carbons (Fsp3) is 0.143. The van der Waals surface area contributed by atoms with E-state index in [1.165, 1.54) is 12.1 Å². The largest absolute Gasteiger partial charge is 0.457 e. The number of hydrogen-bond acceptors (Lipinski definition) is 2. The summed E-state index contributed by atoms with van der Waals surface area (Å²) in [5.41, 5.74) is 7.81. The molecular formula is C14H13ClFNO. The Morgan fingerprint density at radius 3 is 2.39 bits per heavy atom. The quantitative estimate of drug-likeness (QED) is 0.813. The fourth-order valence-electron chi connectivity index (χ4n) is 1.64. The third-order valence-corrected chi connectivity index (χ3v) is 2.98. The maximum Gasteiger partial charge on any atom is 0.131 e. The van der Waals surface area contributed by atoms with Crippen LogP contribution in [0.4, 0.5) is 10.1 Å². The molecule has 0 amide bonds. The Morgan fingerprint density at radius 2 is 1.72 bits per heavy atom. The number of aryl methyl sites for hydroxylation is 2. The predicted octanol–water partition coefficient (Wildman–Crippen LogP) is 4.47. The van der Waals surface area contributed by atoms with Gasteiger partial charge in [-0.25, -0.2) is 4.39 Å². The summed E-state index contributed by atoms with van der Waals surface area (Å²) in [4.78, 5) is 0. The summed E-state index contributed by atoms with van der Waals surface area (Å²) >= 11 is 5.95. The molecule has 0 spiro atoms. The minimum absolute atomic E-state index is 0.285. The van der Waals surface area contributed by atoms with E-state index in [1.54, 1.807) is 25.1 Å². The van der Waals surface area contributed by atoms with E-state index < -0.39 is 0 Å². The summed E-state index contributed by atoms with van der Waals surface area (Å²) in [5.74, 6) is 0.927. The van der Waals surface area contributed by atoms with Crippen molar-refractivity contribution in [2.75, 3.05) is 5.73 Å². The van der Waals surface area contributed by atoms with Crippen molar-refractivity contribution in [3.8, 4) is 11.5 Å². The molecule has 0 atom stereocenters. The second-order valence-corrected chi connectivity index (χ2v) is 4.56. The number of benzene rings is 2. The molecule has 2 rings (SSSR count). The van der Waals surface area contributed by atoms with Crippen LogP contribution in [0.15, 0.2) is 30.3 Å². The Labute approximate surface area is 110 Å². The molecule has 2 aromatic carbocycles. The molecule has 0 aliphatic carbocycles. The second-order valence-electron chi connectivity index (χ2n) is 4.15. The zero-order valence-electron chi connectivity index (χ0n) is 10.1. The smallest absolute Gasteiger partial charge is 0.131 e. The van der Waals surface area contributed by atoms with Gasteiger partial charge in [-0.1, -0.05) is 11.6 Å². The van der Waals surface area contributed by atoms with Crippen molar-refractivity contribution < 1.29 is 9.13 Å². The van der Waals surface area contributed by atoms with Crippen LogP contribution < -0.4 is 10.5 Å². The van der Waals surface area contributed by atoms with Crippen LogP contribution >= 0.6 is 11.6 Å². The molecule has 2 N–H and O–H groups in total. The molecule has 18 heavy (non-hydrogen) atoms. The van der Waals surface area contributed by atoms with E-state index in [0.29, 0.717) is 22.2 Å². The fourth-order valence-corrected chi connectivity index (χ4v) is 1.79. The van der Waals surface area contributed by atoms with Gasteiger partial charge in [-0.15, -0.1) is 0 Å². The molecule has 94 valence electrons. The Balaban J connectivity index is 2.37. The minimum Gasteiger partial charge on any atom is -0.457 e. The van der Waals surface area contributed by atoms with Gasteiger partial charge in [-0.05, 0) is 49.2 Å². The molecule has 2 aromatic rings. The van der Waals surface area contributed by atoms with Crippen LogP contribution in [0.25, 0.3) is 0 Å². The molecule has 0 aromatic heterocycles. The van der Waals surface area contributed by atoms with Crippen molar-refractivity contribution in [1.82, 2.24) is 0 Å². The van der Waals surface area contributed by atoms with Gasteiger partial charge in [-0.3, -0.25) is 0 Å². The van der Waals surface area contributed by atoms with Crippen molar-refractivity contribution in [2.24, 2.45) is 0 Å². The second kappa shape index (κ2) is 4.86. The van der Waals surface area contributed by atoms with E-state index in [-0.39, 0.29) is 5.82 Å². The number of anilines is 1. The Hall–Kier alpha value is -1.74. The van der Waals surface area contributed by atoms with E-state index in [9.17, 15) is 4.39 Å². The van der Waals surface area contributed by atoms with Crippen LogP contribution in [0.2, 0.25) is 5.02 Å². The molecule has 0 aliphatic heterocycles. The number of rotatable bonds is 2. The van der Waals surface area contributed by atoms with Crippen LogP contribution in [0.5, 0.6) is 11.5 Å². The average Bonchev–Trinajstić information content (AvgIpc) is 2.29. The molecule has 0 saturated heterocycles. The van der Waals surface area contributed by atoms with Crippen LogP contribution in [0, 0.1) is 19.7 Å². The topological polar surface area (TPSA) is 35.2 Å². The number of nitrogens with two attached hydrogens (primary N) is 1. The summed E-state index contributed by atoms with van der Waals surface area (Å²) in [5, 5.41) is 0.440. The average molecular weight is 266 g/mol. The molecule has 0 bridgehead atoms. The highest BCUT2D eigenvalue weighted by molar-refractivity contribution is 6.33. The van der Waals surface area contributed by atoms with Gasteiger partial charge in [0.2, 0.25) is 0 Å². The number of halogens is 2. The van der Waals surface area contributed by atoms with E-state index in [1.807, 2.05) is 6.92 Å². The normalized spacial score (nSPS) is 10.4. The lowest BCUT2D eigenvalue weighted by Crippen LogP contribution is -1.94. The first kappa shape index (κ1) is 12.7. The molecule has 0 fully saturated rings. The molecular weight excluding hydrogens is 253 g/mol. The lowest BCUT2D eigenvalue weighted by atomic mass is 10.2. The van der Waals surface area contributed by atoms with Gasteiger partial charge in [0.15, 0.2) is 0 Å². The molecule has 4 heteroatoms. The molecule has 0 radical (unpaired) electrons. The van der Waals surface area contributed by atoms with Gasteiger partial charge < -0.3 is 10.5 Å². The van der Waals surface area contributed by atoms with Gasteiger partial charge in [0.05, 0.1) is 10.7 Å². The number of hydrogen-bond donors (Lipinski definition) is 1. The maximum atomic E-state index is 13.0. The van der Waals surface area contributed by atoms with E-state index in [4.69, 9.17) is 22.1 Å². The third kappa shape index (κ3) is 2.57. The number of nitrogen functional groups attached to an aromatic ring is 1. The lowest BCUT2D eigenvalue weighted by molar-refractivity contribution is 0.473. The molecule has 0 unspecified atom stereocenters. The SMILES string of the molecule is Cc1cc(F)ccc1Oc1cc(Cl)c(N)cc1C. The minimum atomic E-state index is -0.285. The first-order chi connectivity index (χ1) is 8.47. The van der Waals surface area contributed by atoms with Gasteiger partial charge in [0.1, 0.15) is 17.3 Å². The Morgan fingerprint density at radius 1 is 1.06 bits per heavy atom. The van der Waals surface area contributed by atoms with Crippen LogP contribution in [0.1, 0.15) is 11.1 Å². The zero-order valence-corrected chi connectivity index (χ0v) is 10.9. The first-order valence-electron chi connectivity index (χ1n) is 5.47. The summed E-state index contributed by atoms with van der Waals surface area (Å²) in [6.07, 6.45) is 0. The van der Waals surface area contributed by atoms with E-state index in [2.05, 4.69) is 0 Å². The highest BCUT2D eigenvalue weighted by Crippen LogP contribution is 2.33. The summed E-state index contributed by atoms with van der Waals surface area (Å²) in [7, 11) is 0. The standard InChI is InChI=1S/C14H13ClFNO/c1-8-5-10(16)3-4-13(8)18-14-7-11(15)12(17)6-9(14)2/h3-7H,17H2,1-2H3. The summed E-state index contributed by atoms with van der Waals surface area (Å²) in [6, 6.07) is 7.78. The highest BCUT2D eigenvalue weighted by atomic mass is 35.5. The van der Waals surface area contributed by atoms with E-state index in [0.717, 1.165) is 11.1 Å². The summed E-state index contributed by atoms with van der Waals surface area (Å²) in [6.45, 7) is 3.66. The number of ether oxygens (including phenoxy) is 1. The lowest BCUT2D eigenvalue weighted by Gasteiger charge is -2.12.